The third-order valence-electron chi connectivity index (χ3n) is 3.25. The van der Waals surface area contributed by atoms with Crippen molar-refractivity contribution in [2.24, 2.45) is 10.9 Å². The van der Waals surface area contributed by atoms with Crippen LogP contribution in [0.3, 0.4) is 0 Å². The summed E-state index contributed by atoms with van der Waals surface area (Å²) in [7, 11) is 0. The van der Waals surface area contributed by atoms with Crippen LogP contribution in [0.2, 0.25) is 0 Å². The van der Waals surface area contributed by atoms with E-state index in [2.05, 4.69) is 28.8 Å². The number of amidine groups is 1. The van der Waals surface area contributed by atoms with Gasteiger partial charge in [0, 0.05) is 32.2 Å². The Balaban J connectivity index is 2.28. The Hall–Kier alpha value is -0.810. The molecule has 0 saturated carbocycles. The topological polar surface area (TPSA) is 65.1 Å². The SMILES string of the molecule is CCCC(C)N1CCN(CC(N)=NO)CC1. The summed E-state index contributed by atoms with van der Waals surface area (Å²) in [6.45, 7) is 9.27. The van der Waals surface area contributed by atoms with Gasteiger partial charge >= 0.3 is 0 Å². The van der Waals surface area contributed by atoms with Crippen LogP contribution in [0.5, 0.6) is 0 Å². The molecule has 5 heteroatoms. The van der Waals surface area contributed by atoms with Crippen LogP contribution in [0.1, 0.15) is 26.7 Å². The molecule has 0 aliphatic carbocycles. The molecule has 1 aliphatic rings. The van der Waals surface area contributed by atoms with E-state index in [-0.39, 0.29) is 0 Å². The Morgan fingerprint density at radius 1 is 1.38 bits per heavy atom. The Kier molecular flexibility index (Phi) is 5.55. The molecule has 1 saturated heterocycles. The number of hydrogen-bond donors (Lipinski definition) is 2. The van der Waals surface area contributed by atoms with Crippen LogP contribution < -0.4 is 5.73 Å². The maximum atomic E-state index is 8.50. The summed E-state index contributed by atoms with van der Waals surface area (Å²) in [5.74, 6) is 0.301. The van der Waals surface area contributed by atoms with Crippen molar-refractivity contribution in [3.05, 3.63) is 0 Å². The van der Waals surface area contributed by atoms with Crippen molar-refractivity contribution in [3.63, 3.8) is 0 Å². The van der Waals surface area contributed by atoms with Gasteiger partial charge in [-0.05, 0) is 13.3 Å². The van der Waals surface area contributed by atoms with E-state index in [4.69, 9.17) is 10.9 Å². The van der Waals surface area contributed by atoms with Gasteiger partial charge in [-0.15, -0.1) is 0 Å². The van der Waals surface area contributed by atoms with Gasteiger partial charge in [0.2, 0.25) is 0 Å². The molecule has 1 fully saturated rings. The zero-order valence-electron chi connectivity index (χ0n) is 10.4. The summed E-state index contributed by atoms with van der Waals surface area (Å²) in [5, 5.41) is 11.5. The Bertz CT molecular complexity index is 224. The van der Waals surface area contributed by atoms with Crippen molar-refractivity contribution in [3.8, 4) is 0 Å². The molecule has 0 aromatic rings. The van der Waals surface area contributed by atoms with Crippen LogP contribution >= 0.6 is 0 Å². The fourth-order valence-corrected chi connectivity index (χ4v) is 2.22. The first-order valence-corrected chi connectivity index (χ1v) is 6.10. The third-order valence-corrected chi connectivity index (χ3v) is 3.25. The van der Waals surface area contributed by atoms with Crippen LogP contribution in [0.15, 0.2) is 5.16 Å². The van der Waals surface area contributed by atoms with Crippen LogP contribution in [0.25, 0.3) is 0 Å². The highest BCUT2D eigenvalue weighted by Crippen LogP contribution is 2.10. The lowest BCUT2D eigenvalue weighted by Crippen LogP contribution is -2.51. The minimum atomic E-state index is 0.301. The van der Waals surface area contributed by atoms with E-state index in [1.165, 1.54) is 12.8 Å². The van der Waals surface area contributed by atoms with Gasteiger partial charge in [0.25, 0.3) is 0 Å². The first kappa shape index (κ1) is 13.3. The number of oxime groups is 1. The standard InChI is InChI=1S/C11H24N4O/c1-3-4-10(2)15-7-5-14(6-8-15)9-11(12)13-16/h10,16H,3-9H2,1-2H3,(H2,12,13). The summed E-state index contributed by atoms with van der Waals surface area (Å²) >= 11 is 0. The fraction of sp³-hybridized carbons (Fsp3) is 0.909. The molecular weight excluding hydrogens is 204 g/mol. The van der Waals surface area contributed by atoms with Crippen molar-refractivity contribution in [1.29, 1.82) is 0 Å². The normalized spacial score (nSPS) is 22.2. The molecule has 1 unspecified atom stereocenters. The van der Waals surface area contributed by atoms with E-state index in [0.717, 1.165) is 26.2 Å². The van der Waals surface area contributed by atoms with E-state index in [1.807, 2.05) is 0 Å². The monoisotopic (exact) mass is 228 g/mol. The molecule has 1 aliphatic heterocycles. The fourth-order valence-electron chi connectivity index (χ4n) is 2.22. The summed E-state index contributed by atoms with van der Waals surface area (Å²) in [4.78, 5) is 4.75. The van der Waals surface area contributed by atoms with Crippen molar-refractivity contribution >= 4 is 5.84 Å². The molecule has 0 radical (unpaired) electrons. The van der Waals surface area contributed by atoms with Gasteiger partial charge in [-0.1, -0.05) is 18.5 Å². The smallest absolute Gasteiger partial charge is 0.153 e. The van der Waals surface area contributed by atoms with Gasteiger partial charge in [0.15, 0.2) is 5.84 Å². The van der Waals surface area contributed by atoms with Gasteiger partial charge in [0.05, 0.1) is 6.54 Å². The molecule has 5 nitrogen and oxygen atoms in total. The average molecular weight is 228 g/mol. The lowest BCUT2D eigenvalue weighted by atomic mass is 10.1. The highest BCUT2D eigenvalue weighted by atomic mass is 16.4. The first-order chi connectivity index (χ1) is 7.67. The maximum absolute atomic E-state index is 8.50. The van der Waals surface area contributed by atoms with Crippen LogP contribution in [0.4, 0.5) is 0 Å². The summed E-state index contributed by atoms with van der Waals surface area (Å²) in [5.41, 5.74) is 5.49. The molecule has 0 aromatic heterocycles. The first-order valence-electron chi connectivity index (χ1n) is 6.10. The van der Waals surface area contributed by atoms with Crippen LogP contribution in [-0.4, -0.2) is 59.6 Å². The minimum absolute atomic E-state index is 0.301. The number of rotatable bonds is 5. The van der Waals surface area contributed by atoms with Crippen molar-refractivity contribution in [1.82, 2.24) is 9.80 Å². The van der Waals surface area contributed by atoms with Gasteiger partial charge in [-0.25, -0.2) is 0 Å². The van der Waals surface area contributed by atoms with Gasteiger partial charge in [0.1, 0.15) is 0 Å². The van der Waals surface area contributed by atoms with Crippen molar-refractivity contribution < 1.29 is 5.21 Å². The molecule has 0 spiro atoms. The predicted octanol–water partition coefficient (Wildman–Crippen LogP) is 0.539. The third kappa shape index (κ3) is 3.98. The van der Waals surface area contributed by atoms with Gasteiger partial charge in [-0.3, -0.25) is 9.80 Å². The highest BCUT2D eigenvalue weighted by Gasteiger charge is 2.20. The summed E-state index contributed by atoms with van der Waals surface area (Å²) < 4.78 is 0. The van der Waals surface area contributed by atoms with E-state index in [0.29, 0.717) is 18.4 Å². The quantitative estimate of drug-likeness (QED) is 0.312. The second-order valence-electron chi connectivity index (χ2n) is 4.54. The van der Waals surface area contributed by atoms with Gasteiger partial charge < -0.3 is 10.9 Å². The maximum Gasteiger partial charge on any atom is 0.153 e. The number of piperazine rings is 1. The average Bonchev–Trinajstić information content (AvgIpc) is 2.30. The Morgan fingerprint density at radius 3 is 2.50 bits per heavy atom. The zero-order valence-corrected chi connectivity index (χ0v) is 10.4. The molecule has 16 heavy (non-hydrogen) atoms. The molecule has 0 amide bonds. The second-order valence-corrected chi connectivity index (χ2v) is 4.54. The molecule has 3 N–H and O–H groups in total. The van der Waals surface area contributed by atoms with E-state index in [9.17, 15) is 0 Å². The summed E-state index contributed by atoms with van der Waals surface area (Å²) in [6, 6.07) is 0.677. The molecule has 94 valence electrons. The Morgan fingerprint density at radius 2 is 2.00 bits per heavy atom. The largest absolute Gasteiger partial charge is 0.409 e. The molecule has 0 aromatic carbocycles. The number of hydrogen-bond acceptors (Lipinski definition) is 4. The lowest BCUT2D eigenvalue weighted by molar-refractivity contribution is 0.107. The van der Waals surface area contributed by atoms with Crippen LogP contribution in [0, 0.1) is 0 Å². The molecule has 0 bridgehead atoms. The van der Waals surface area contributed by atoms with Crippen molar-refractivity contribution in [2.75, 3.05) is 32.7 Å². The lowest BCUT2D eigenvalue weighted by Gasteiger charge is -2.37. The van der Waals surface area contributed by atoms with E-state index < -0.39 is 0 Å². The van der Waals surface area contributed by atoms with Crippen molar-refractivity contribution in [2.45, 2.75) is 32.7 Å². The molecular formula is C11H24N4O. The molecule has 1 heterocycles. The summed E-state index contributed by atoms with van der Waals surface area (Å²) in [6.07, 6.45) is 2.51. The van der Waals surface area contributed by atoms with Gasteiger partial charge in [-0.2, -0.15) is 0 Å². The predicted molar refractivity (Wildman–Crippen MR) is 65.8 cm³/mol. The second kappa shape index (κ2) is 6.70. The number of nitrogens with two attached hydrogens (primary N) is 1. The Labute approximate surface area is 97.9 Å². The number of nitrogens with zero attached hydrogens (tertiary/aromatic N) is 3. The molecule has 1 rings (SSSR count). The van der Waals surface area contributed by atoms with E-state index >= 15 is 0 Å². The molecule has 1 atom stereocenters. The minimum Gasteiger partial charge on any atom is -0.409 e. The van der Waals surface area contributed by atoms with Crippen LogP contribution in [-0.2, 0) is 0 Å². The highest BCUT2D eigenvalue weighted by molar-refractivity contribution is 5.81. The van der Waals surface area contributed by atoms with E-state index in [1.54, 1.807) is 0 Å². The zero-order chi connectivity index (χ0) is 12.0.